The second kappa shape index (κ2) is 13.3. The number of hydrogen-bond donors (Lipinski definition) is 3. The SMILES string of the molecule is CCCCN(CCCC)c1cc(Oc2ccccc2Cl)c(S(O)(NCC)OC)cc1CO. The second-order valence-corrected chi connectivity index (χ2v) is 10.0. The Morgan fingerprint density at radius 2 is 1.69 bits per heavy atom. The van der Waals surface area contributed by atoms with Gasteiger partial charge in [0.1, 0.15) is 10.6 Å². The molecule has 0 aliphatic rings. The van der Waals surface area contributed by atoms with E-state index in [1.807, 2.05) is 25.1 Å². The molecule has 32 heavy (non-hydrogen) atoms. The molecule has 1 unspecified atom stereocenters. The Labute approximate surface area is 199 Å². The third-order valence-electron chi connectivity index (χ3n) is 5.16. The number of para-hydroxylation sites is 1. The number of hydrogen-bond acceptors (Lipinski definition) is 6. The van der Waals surface area contributed by atoms with Crippen LogP contribution in [0.15, 0.2) is 41.3 Å². The van der Waals surface area contributed by atoms with Crippen molar-refractivity contribution < 1.29 is 18.6 Å². The fraction of sp³-hybridized carbons (Fsp3) is 0.500. The Kier molecular flexibility index (Phi) is 11.1. The number of rotatable bonds is 14. The van der Waals surface area contributed by atoms with Gasteiger partial charge in [-0.1, -0.05) is 57.3 Å². The number of halogens is 1. The van der Waals surface area contributed by atoms with Gasteiger partial charge in [-0.2, -0.15) is 0 Å². The first-order valence-corrected chi connectivity index (χ1v) is 13.1. The largest absolute Gasteiger partial charge is 0.454 e. The van der Waals surface area contributed by atoms with E-state index < -0.39 is 10.8 Å². The lowest BCUT2D eigenvalue weighted by atomic mass is 10.1. The molecule has 180 valence electrons. The van der Waals surface area contributed by atoms with Crippen molar-refractivity contribution in [1.29, 1.82) is 0 Å². The van der Waals surface area contributed by atoms with E-state index in [1.54, 1.807) is 18.2 Å². The highest BCUT2D eigenvalue weighted by Crippen LogP contribution is 2.55. The number of benzene rings is 2. The zero-order chi connectivity index (χ0) is 23.6. The van der Waals surface area contributed by atoms with Crippen molar-refractivity contribution in [2.75, 3.05) is 31.6 Å². The normalized spacial score (nSPS) is 14.1. The van der Waals surface area contributed by atoms with E-state index in [9.17, 15) is 9.66 Å². The van der Waals surface area contributed by atoms with Crippen molar-refractivity contribution in [2.24, 2.45) is 0 Å². The minimum atomic E-state index is -2.83. The molecule has 2 rings (SSSR count). The molecule has 1 atom stereocenters. The summed E-state index contributed by atoms with van der Waals surface area (Å²) in [6.45, 7) is 8.32. The van der Waals surface area contributed by atoms with Crippen molar-refractivity contribution >= 4 is 28.1 Å². The predicted octanol–water partition coefficient (Wildman–Crippen LogP) is 6.75. The molecule has 0 aliphatic carbocycles. The molecule has 0 aliphatic heterocycles. The molecule has 0 fully saturated rings. The molecular formula is C24H37ClN2O4S. The highest BCUT2D eigenvalue weighted by molar-refractivity contribution is 8.23. The van der Waals surface area contributed by atoms with E-state index in [2.05, 4.69) is 23.5 Å². The van der Waals surface area contributed by atoms with Gasteiger partial charge in [0.05, 0.1) is 18.7 Å². The number of aliphatic hydroxyl groups is 1. The highest BCUT2D eigenvalue weighted by atomic mass is 35.5. The van der Waals surface area contributed by atoms with E-state index in [1.165, 1.54) is 7.11 Å². The first-order valence-electron chi connectivity index (χ1n) is 11.2. The van der Waals surface area contributed by atoms with Crippen LogP contribution in [0.2, 0.25) is 5.02 Å². The van der Waals surface area contributed by atoms with E-state index in [0.717, 1.165) is 50.0 Å². The summed E-state index contributed by atoms with van der Waals surface area (Å²) < 4.78 is 26.1. The van der Waals surface area contributed by atoms with Gasteiger partial charge in [0.25, 0.3) is 0 Å². The smallest absolute Gasteiger partial charge is 0.154 e. The summed E-state index contributed by atoms with van der Waals surface area (Å²) in [5, 5.41) is 10.7. The van der Waals surface area contributed by atoms with Crippen LogP contribution < -0.4 is 14.4 Å². The molecule has 0 bridgehead atoms. The van der Waals surface area contributed by atoms with E-state index in [4.69, 9.17) is 20.5 Å². The van der Waals surface area contributed by atoms with Crippen LogP contribution in [0.1, 0.15) is 52.0 Å². The number of aliphatic hydroxyl groups excluding tert-OH is 1. The first-order chi connectivity index (χ1) is 15.4. The van der Waals surface area contributed by atoms with Gasteiger partial charge in [0.2, 0.25) is 0 Å². The zero-order valence-corrected chi connectivity index (χ0v) is 21.1. The van der Waals surface area contributed by atoms with Crippen molar-refractivity contribution in [2.45, 2.75) is 58.0 Å². The Balaban J connectivity index is 2.66. The summed E-state index contributed by atoms with van der Waals surface area (Å²) in [6, 6.07) is 10.9. The minimum absolute atomic E-state index is 0.158. The quantitative estimate of drug-likeness (QED) is 0.275. The van der Waals surface area contributed by atoms with Gasteiger partial charge in [-0.15, -0.1) is 10.8 Å². The molecule has 2 aromatic carbocycles. The summed E-state index contributed by atoms with van der Waals surface area (Å²) in [5.74, 6) is 0.935. The fourth-order valence-corrected chi connectivity index (χ4v) is 5.12. The topological polar surface area (TPSA) is 74.2 Å². The first kappa shape index (κ1) is 26.8. The molecule has 0 radical (unpaired) electrons. The summed E-state index contributed by atoms with van der Waals surface area (Å²) in [7, 11) is -1.37. The van der Waals surface area contributed by atoms with Crippen LogP contribution in [-0.4, -0.2) is 36.4 Å². The van der Waals surface area contributed by atoms with Gasteiger partial charge in [0, 0.05) is 37.0 Å². The maximum atomic E-state index is 11.3. The van der Waals surface area contributed by atoms with Gasteiger partial charge in [-0.25, -0.2) is 4.72 Å². The Hall–Kier alpha value is -1.48. The van der Waals surface area contributed by atoms with Crippen molar-refractivity contribution in [3.8, 4) is 11.5 Å². The Bertz CT molecular complexity index is 847. The lowest BCUT2D eigenvalue weighted by Crippen LogP contribution is -2.27. The number of unbranched alkanes of at least 4 members (excludes halogenated alkanes) is 2. The average molecular weight is 485 g/mol. The molecule has 0 aromatic heterocycles. The van der Waals surface area contributed by atoms with Crippen LogP contribution in [0.4, 0.5) is 5.69 Å². The monoisotopic (exact) mass is 484 g/mol. The zero-order valence-electron chi connectivity index (χ0n) is 19.6. The van der Waals surface area contributed by atoms with Gasteiger partial charge < -0.3 is 14.7 Å². The maximum absolute atomic E-state index is 11.3. The number of nitrogens with one attached hydrogen (secondary N) is 1. The molecule has 0 spiro atoms. The Morgan fingerprint density at radius 1 is 1.03 bits per heavy atom. The van der Waals surface area contributed by atoms with Crippen LogP contribution in [0, 0.1) is 0 Å². The average Bonchev–Trinajstić information content (AvgIpc) is 2.80. The third kappa shape index (κ3) is 6.76. The molecule has 8 heteroatoms. The number of anilines is 1. The molecule has 0 saturated carbocycles. The van der Waals surface area contributed by atoms with Crippen LogP contribution in [0.5, 0.6) is 11.5 Å². The lowest BCUT2D eigenvalue weighted by molar-refractivity contribution is 0.281. The standard InChI is InChI=1S/C24H37ClN2O4S/c1-5-8-14-27(15-9-6-2)21-17-23(31-22-13-11-10-12-20(22)25)24(16-19(21)18-28)32(29,30-4)26-7-3/h10-13,16-17,26,28-29H,5-9,14-15,18H2,1-4H3. The fourth-order valence-electron chi connectivity index (χ4n) is 3.43. The molecule has 0 amide bonds. The summed E-state index contributed by atoms with van der Waals surface area (Å²) >= 11 is 6.36. The molecule has 3 N–H and O–H groups in total. The van der Waals surface area contributed by atoms with Crippen molar-refractivity contribution in [3.05, 3.63) is 47.0 Å². The Morgan fingerprint density at radius 3 is 2.22 bits per heavy atom. The number of nitrogens with zero attached hydrogens (tertiary/aromatic N) is 1. The van der Waals surface area contributed by atoms with Gasteiger partial charge in [0.15, 0.2) is 5.75 Å². The molecule has 0 saturated heterocycles. The maximum Gasteiger partial charge on any atom is 0.154 e. The molecule has 2 aromatic rings. The summed E-state index contributed by atoms with van der Waals surface area (Å²) in [6.07, 6.45) is 4.24. The van der Waals surface area contributed by atoms with Crippen LogP contribution in [-0.2, 0) is 10.8 Å². The highest BCUT2D eigenvalue weighted by Gasteiger charge is 2.27. The van der Waals surface area contributed by atoms with E-state index in [0.29, 0.717) is 28.0 Å². The summed E-state index contributed by atoms with van der Waals surface area (Å²) in [4.78, 5) is 2.75. The molecule has 0 heterocycles. The van der Waals surface area contributed by atoms with Gasteiger partial charge in [-0.3, -0.25) is 8.74 Å². The van der Waals surface area contributed by atoms with Gasteiger partial charge >= 0.3 is 0 Å². The summed E-state index contributed by atoms with van der Waals surface area (Å²) in [5.41, 5.74) is 1.62. The van der Waals surface area contributed by atoms with Crippen LogP contribution >= 0.6 is 22.4 Å². The van der Waals surface area contributed by atoms with Gasteiger partial charge in [-0.05, 0) is 31.0 Å². The van der Waals surface area contributed by atoms with Crippen molar-refractivity contribution in [3.63, 3.8) is 0 Å². The van der Waals surface area contributed by atoms with Crippen LogP contribution in [0.25, 0.3) is 0 Å². The van der Waals surface area contributed by atoms with Crippen LogP contribution in [0.3, 0.4) is 0 Å². The van der Waals surface area contributed by atoms with E-state index >= 15 is 0 Å². The molecular weight excluding hydrogens is 448 g/mol. The lowest BCUT2D eigenvalue weighted by Gasteiger charge is -2.39. The molecule has 6 nitrogen and oxygen atoms in total. The predicted molar refractivity (Wildman–Crippen MR) is 135 cm³/mol. The van der Waals surface area contributed by atoms with Crippen molar-refractivity contribution in [1.82, 2.24) is 4.72 Å². The second-order valence-electron chi connectivity index (χ2n) is 7.50. The third-order valence-corrected chi connectivity index (χ3v) is 7.54. The number of ether oxygens (including phenoxy) is 1. The van der Waals surface area contributed by atoms with E-state index in [-0.39, 0.29) is 6.61 Å². The minimum Gasteiger partial charge on any atom is -0.454 e.